The lowest BCUT2D eigenvalue weighted by atomic mass is 9.97. The van der Waals surface area contributed by atoms with Crippen LogP contribution in [0.25, 0.3) is 0 Å². The number of carboxylic acid groups (broad SMARTS) is 1. The van der Waals surface area contributed by atoms with Crippen molar-refractivity contribution in [3.05, 3.63) is 24.3 Å². The number of aliphatic carboxylic acids is 1. The number of piperidine rings is 1. The van der Waals surface area contributed by atoms with Crippen LogP contribution in [0.1, 0.15) is 19.8 Å². The number of carbonyl (C=O) groups is 3. The van der Waals surface area contributed by atoms with E-state index in [0.29, 0.717) is 25.9 Å². The van der Waals surface area contributed by atoms with Crippen molar-refractivity contribution in [3.8, 4) is 5.75 Å². The van der Waals surface area contributed by atoms with Crippen molar-refractivity contribution in [3.63, 3.8) is 0 Å². The molecule has 1 aromatic carbocycles. The van der Waals surface area contributed by atoms with Crippen LogP contribution in [0.5, 0.6) is 5.75 Å². The fraction of sp³-hybridized carbons (Fsp3) is 0.526. The summed E-state index contributed by atoms with van der Waals surface area (Å²) in [6, 6.07) is 7.47. The first-order valence-electron chi connectivity index (χ1n) is 8.88. The summed E-state index contributed by atoms with van der Waals surface area (Å²) in [4.78, 5) is 40.0. The van der Waals surface area contributed by atoms with E-state index >= 15 is 0 Å². The molecular weight excluding hydrogens is 368 g/mol. The number of hydrogen-bond donors (Lipinski definition) is 1. The number of rotatable bonds is 7. The van der Waals surface area contributed by atoms with Gasteiger partial charge in [0.25, 0.3) is 0 Å². The normalized spacial score (nSPS) is 15.9. The maximum absolute atomic E-state index is 12.6. The quantitative estimate of drug-likeness (QED) is 0.712. The van der Waals surface area contributed by atoms with Crippen molar-refractivity contribution in [1.82, 2.24) is 9.80 Å². The fourth-order valence-corrected chi connectivity index (χ4v) is 3.96. The molecule has 1 atom stereocenters. The van der Waals surface area contributed by atoms with Gasteiger partial charge < -0.3 is 19.6 Å². The summed E-state index contributed by atoms with van der Waals surface area (Å²) < 4.78 is 5.12. The standard InChI is InChI=1S/C19H26N2O5S/c1-13(27-16-6-4-15(26-3)5-7-16)18(23)20(2)12-17(22)21-10-8-14(9-11-21)19(24)25/h4-7,13-14H,8-12H2,1-3H3,(H,24,25). The smallest absolute Gasteiger partial charge is 0.306 e. The Morgan fingerprint density at radius 3 is 2.37 bits per heavy atom. The molecule has 2 rings (SSSR count). The van der Waals surface area contributed by atoms with Crippen molar-refractivity contribution < 1.29 is 24.2 Å². The van der Waals surface area contributed by atoms with Gasteiger partial charge in [-0.1, -0.05) is 0 Å². The first-order chi connectivity index (χ1) is 12.8. The summed E-state index contributed by atoms with van der Waals surface area (Å²) >= 11 is 1.43. The molecule has 148 valence electrons. The zero-order valence-electron chi connectivity index (χ0n) is 15.9. The monoisotopic (exact) mass is 394 g/mol. The molecule has 1 saturated heterocycles. The zero-order chi connectivity index (χ0) is 20.0. The second-order valence-electron chi connectivity index (χ2n) is 6.62. The van der Waals surface area contributed by atoms with E-state index in [1.807, 2.05) is 31.2 Å². The van der Waals surface area contributed by atoms with E-state index in [4.69, 9.17) is 9.84 Å². The highest BCUT2D eigenvalue weighted by Crippen LogP contribution is 2.26. The Balaban J connectivity index is 1.83. The fourth-order valence-electron chi connectivity index (χ4n) is 2.98. The molecule has 0 aliphatic carbocycles. The van der Waals surface area contributed by atoms with Crippen LogP contribution in [0.2, 0.25) is 0 Å². The van der Waals surface area contributed by atoms with E-state index in [0.717, 1.165) is 10.6 Å². The van der Waals surface area contributed by atoms with Crippen molar-refractivity contribution >= 4 is 29.5 Å². The van der Waals surface area contributed by atoms with E-state index in [-0.39, 0.29) is 29.5 Å². The van der Waals surface area contributed by atoms with E-state index in [2.05, 4.69) is 0 Å². The molecule has 0 aromatic heterocycles. The second kappa shape index (κ2) is 9.64. The molecule has 27 heavy (non-hydrogen) atoms. The van der Waals surface area contributed by atoms with E-state index in [1.54, 1.807) is 19.1 Å². The Kier molecular flexibility index (Phi) is 7.53. The third-order valence-corrected chi connectivity index (χ3v) is 5.77. The molecule has 1 aliphatic rings. The van der Waals surface area contributed by atoms with Crippen LogP contribution in [-0.2, 0) is 14.4 Å². The number of carbonyl (C=O) groups excluding carboxylic acids is 2. The van der Waals surface area contributed by atoms with Gasteiger partial charge in [-0.15, -0.1) is 11.8 Å². The summed E-state index contributed by atoms with van der Waals surface area (Å²) in [6.07, 6.45) is 0.922. The number of ether oxygens (including phenoxy) is 1. The molecule has 1 unspecified atom stereocenters. The van der Waals surface area contributed by atoms with Gasteiger partial charge in [-0.25, -0.2) is 0 Å². The Morgan fingerprint density at radius 2 is 1.85 bits per heavy atom. The minimum Gasteiger partial charge on any atom is -0.497 e. The number of nitrogens with zero attached hydrogens (tertiary/aromatic N) is 2. The van der Waals surface area contributed by atoms with Gasteiger partial charge >= 0.3 is 5.97 Å². The summed E-state index contributed by atoms with van der Waals surface area (Å²) in [6.45, 7) is 2.67. The molecule has 2 amide bonds. The van der Waals surface area contributed by atoms with Gasteiger partial charge in [-0.3, -0.25) is 14.4 Å². The van der Waals surface area contributed by atoms with Crippen molar-refractivity contribution in [1.29, 1.82) is 0 Å². The number of thioether (sulfide) groups is 1. The topological polar surface area (TPSA) is 87.2 Å². The van der Waals surface area contributed by atoms with Gasteiger partial charge in [0.1, 0.15) is 5.75 Å². The summed E-state index contributed by atoms with van der Waals surface area (Å²) in [7, 11) is 3.22. The average molecular weight is 394 g/mol. The SMILES string of the molecule is COc1ccc(SC(C)C(=O)N(C)CC(=O)N2CCC(C(=O)O)CC2)cc1. The van der Waals surface area contributed by atoms with Crippen molar-refractivity contribution in [2.24, 2.45) is 5.92 Å². The van der Waals surface area contributed by atoms with Gasteiger partial charge in [0.15, 0.2) is 0 Å². The van der Waals surface area contributed by atoms with Crippen LogP contribution in [-0.4, -0.2) is 71.7 Å². The first-order valence-corrected chi connectivity index (χ1v) is 9.76. The van der Waals surface area contributed by atoms with Crippen LogP contribution in [0.4, 0.5) is 0 Å². The number of benzene rings is 1. The summed E-state index contributed by atoms with van der Waals surface area (Å²) in [5, 5.41) is 8.70. The molecule has 1 fully saturated rings. The predicted molar refractivity (Wildman–Crippen MR) is 103 cm³/mol. The molecule has 1 aromatic rings. The Bertz CT molecular complexity index is 671. The van der Waals surface area contributed by atoms with Crippen LogP contribution < -0.4 is 4.74 Å². The van der Waals surface area contributed by atoms with Crippen molar-refractivity contribution in [2.75, 3.05) is 33.8 Å². The number of amides is 2. The number of hydrogen-bond acceptors (Lipinski definition) is 5. The molecule has 0 saturated carbocycles. The van der Waals surface area contributed by atoms with Crippen LogP contribution in [0.15, 0.2) is 29.2 Å². The lowest BCUT2D eigenvalue weighted by Gasteiger charge is -2.31. The van der Waals surface area contributed by atoms with Crippen LogP contribution in [0, 0.1) is 5.92 Å². The minimum absolute atomic E-state index is 0.00405. The first kappa shape index (κ1) is 21.1. The zero-order valence-corrected chi connectivity index (χ0v) is 16.7. The van der Waals surface area contributed by atoms with Crippen LogP contribution in [0.3, 0.4) is 0 Å². The van der Waals surface area contributed by atoms with Gasteiger partial charge in [0, 0.05) is 25.0 Å². The third-order valence-electron chi connectivity index (χ3n) is 4.67. The Labute approximate surface area is 163 Å². The van der Waals surface area contributed by atoms with E-state index in [9.17, 15) is 14.4 Å². The summed E-state index contributed by atoms with van der Waals surface area (Å²) in [5.74, 6) is -0.693. The number of likely N-dealkylation sites (N-methyl/N-ethyl adjacent to an activating group) is 1. The van der Waals surface area contributed by atoms with Gasteiger partial charge in [0.2, 0.25) is 11.8 Å². The van der Waals surface area contributed by atoms with E-state index in [1.165, 1.54) is 16.7 Å². The van der Waals surface area contributed by atoms with E-state index < -0.39 is 5.97 Å². The highest BCUT2D eigenvalue weighted by atomic mass is 32.2. The molecule has 1 N–H and O–H groups in total. The largest absolute Gasteiger partial charge is 0.497 e. The molecule has 8 heteroatoms. The molecular formula is C19H26N2O5S. The number of carboxylic acids is 1. The minimum atomic E-state index is -0.807. The Morgan fingerprint density at radius 1 is 1.26 bits per heavy atom. The molecule has 1 heterocycles. The third kappa shape index (κ3) is 5.89. The highest BCUT2D eigenvalue weighted by molar-refractivity contribution is 8.00. The Hall–Kier alpha value is -2.22. The van der Waals surface area contributed by atoms with Gasteiger partial charge in [-0.2, -0.15) is 0 Å². The van der Waals surface area contributed by atoms with Gasteiger partial charge in [0.05, 0.1) is 24.8 Å². The molecule has 0 radical (unpaired) electrons. The van der Waals surface area contributed by atoms with Gasteiger partial charge in [-0.05, 0) is 44.0 Å². The number of methoxy groups -OCH3 is 1. The molecule has 0 bridgehead atoms. The molecule has 0 spiro atoms. The maximum atomic E-state index is 12.6. The lowest BCUT2D eigenvalue weighted by molar-refractivity contribution is -0.146. The van der Waals surface area contributed by atoms with Crippen LogP contribution >= 0.6 is 11.8 Å². The maximum Gasteiger partial charge on any atom is 0.306 e. The predicted octanol–water partition coefficient (Wildman–Crippen LogP) is 1.96. The summed E-state index contributed by atoms with van der Waals surface area (Å²) in [5.41, 5.74) is 0. The van der Waals surface area contributed by atoms with Crippen molar-refractivity contribution in [2.45, 2.75) is 29.9 Å². The molecule has 7 nitrogen and oxygen atoms in total. The molecule has 1 aliphatic heterocycles. The highest BCUT2D eigenvalue weighted by Gasteiger charge is 2.28. The number of likely N-dealkylation sites (tertiary alicyclic amines) is 1. The average Bonchev–Trinajstić information content (AvgIpc) is 2.67. The lowest BCUT2D eigenvalue weighted by Crippen LogP contribution is -2.46. The second-order valence-corrected chi connectivity index (χ2v) is 8.04.